The van der Waals surface area contributed by atoms with Crippen LogP contribution in [-0.4, -0.2) is 15.6 Å². The highest BCUT2D eigenvalue weighted by molar-refractivity contribution is 6.34. The van der Waals surface area contributed by atoms with Crippen LogP contribution in [0, 0.1) is 12.7 Å². The smallest absolute Gasteiger partial charge is 0.170 e. The fourth-order valence-corrected chi connectivity index (χ4v) is 2.23. The summed E-state index contributed by atoms with van der Waals surface area (Å²) in [5.41, 5.74) is 1.88. The molecule has 0 N–H and O–H groups in total. The summed E-state index contributed by atoms with van der Waals surface area (Å²) in [6.07, 6.45) is 0.165. The van der Waals surface area contributed by atoms with E-state index in [0.29, 0.717) is 6.54 Å². The van der Waals surface area contributed by atoms with Crippen LogP contribution in [-0.2, 0) is 13.0 Å². The van der Waals surface area contributed by atoms with Gasteiger partial charge in [-0.1, -0.05) is 17.7 Å². The lowest BCUT2D eigenvalue weighted by molar-refractivity contribution is 0.0990. The van der Waals surface area contributed by atoms with Gasteiger partial charge in [-0.15, -0.1) is 0 Å². The minimum absolute atomic E-state index is 0.119. The highest BCUT2D eigenvalue weighted by atomic mass is 35.5. The molecule has 0 spiro atoms. The zero-order chi connectivity index (χ0) is 14.0. The van der Waals surface area contributed by atoms with Crippen LogP contribution >= 0.6 is 11.6 Å². The Labute approximate surface area is 116 Å². The molecule has 0 aliphatic heterocycles. The number of Topliss-reactive ketones (excluding diaryl/α,β-unsaturated/α-hetero) is 1. The Hall–Kier alpha value is -1.68. The van der Waals surface area contributed by atoms with Crippen molar-refractivity contribution in [2.45, 2.75) is 26.8 Å². The van der Waals surface area contributed by atoms with Crippen LogP contribution < -0.4 is 0 Å². The summed E-state index contributed by atoms with van der Waals surface area (Å²) in [6, 6.07) is 6.11. The second-order valence-electron chi connectivity index (χ2n) is 4.29. The number of aromatic nitrogens is 2. The minimum atomic E-state index is -0.576. The number of hydrogen-bond acceptors (Lipinski definition) is 2. The number of carbonyl (C=O) groups excluding carboxylic acids is 1. The van der Waals surface area contributed by atoms with Gasteiger partial charge in [0.05, 0.1) is 17.1 Å². The van der Waals surface area contributed by atoms with Gasteiger partial charge in [0, 0.05) is 17.8 Å². The summed E-state index contributed by atoms with van der Waals surface area (Å²) in [7, 11) is 0. The lowest BCUT2D eigenvalue weighted by Crippen LogP contribution is -2.10. The van der Waals surface area contributed by atoms with E-state index in [1.807, 2.05) is 19.9 Å². The van der Waals surface area contributed by atoms with E-state index in [4.69, 9.17) is 11.6 Å². The Balaban J connectivity index is 2.28. The molecule has 5 heteroatoms. The monoisotopic (exact) mass is 280 g/mol. The molecule has 2 rings (SSSR count). The number of nitrogens with zero attached hydrogens (tertiary/aromatic N) is 2. The Kier molecular flexibility index (Phi) is 4.00. The molecule has 0 amide bonds. The molecule has 1 aromatic carbocycles. The van der Waals surface area contributed by atoms with Gasteiger partial charge < -0.3 is 0 Å². The summed E-state index contributed by atoms with van der Waals surface area (Å²) in [5.74, 6) is -0.785. The molecule has 3 nitrogen and oxygen atoms in total. The molecule has 0 unspecified atom stereocenters. The van der Waals surface area contributed by atoms with Crippen LogP contribution in [0.2, 0.25) is 5.02 Å². The number of hydrogen-bond donors (Lipinski definition) is 0. The van der Waals surface area contributed by atoms with Gasteiger partial charge in [-0.05, 0) is 32.0 Å². The number of carbonyl (C=O) groups is 1. The van der Waals surface area contributed by atoms with Gasteiger partial charge in [0.2, 0.25) is 0 Å². The molecule has 0 aliphatic carbocycles. The first-order valence-corrected chi connectivity index (χ1v) is 6.41. The molecular weight excluding hydrogens is 267 g/mol. The minimum Gasteiger partial charge on any atom is -0.294 e. The molecule has 19 heavy (non-hydrogen) atoms. The molecule has 0 fully saturated rings. The van der Waals surface area contributed by atoms with Crippen LogP contribution in [0.3, 0.4) is 0 Å². The molecule has 0 saturated carbocycles. The lowest BCUT2D eigenvalue weighted by Gasteiger charge is -2.06. The van der Waals surface area contributed by atoms with Crippen molar-refractivity contribution in [1.82, 2.24) is 9.78 Å². The summed E-state index contributed by atoms with van der Waals surface area (Å²) in [6.45, 7) is 4.51. The van der Waals surface area contributed by atoms with E-state index in [1.165, 1.54) is 18.2 Å². The molecule has 0 bridgehead atoms. The second kappa shape index (κ2) is 5.53. The number of ketones is 1. The number of rotatable bonds is 4. The predicted octanol–water partition coefficient (Wildman–Crippen LogP) is 3.43. The highest BCUT2D eigenvalue weighted by Crippen LogP contribution is 2.21. The maximum absolute atomic E-state index is 13.3. The first-order chi connectivity index (χ1) is 9.02. The molecule has 1 heterocycles. The topological polar surface area (TPSA) is 34.9 Å². The van der Waals surface area contributed by atoms with Gasteiger partial charge in [0.15, 0.2) is 5.78 Å². The molecule has 0 aliphatic rings. The normalized spacial score (nSPS) is 10.7. The molecule has 1 aromatic heterocycles. The van der Waals surface area contributed by atoms with Gasteiger partial charge in [-0.25, -0.2) is 4.39 Å². The van der Waals surface area contributed by atoms with Crippen molar-refractivity contribution in [3.05, 3.63) is 52.1 Å². The molecular formula is C14H14ClFN2O. The second-order valence-corrected chi connectivity index (χ2v) is 4.67. The summed E-state index contributed by atoms with van der Waals surface area (Å²) >= 11 is 5.81. The number of benzene rings is 1. The van der Waals surface area contributed by atoms with Crippen LogP contribution in [0.5, 0.6) is 0 Å². The molecule has 2 aromatic rings. The summed E-state index contributed by atoms with van der Waals surface area (Å²) < 4.78 is 15.1. The zero-order valence-corrected chi connectivity index (χ0v) is 11.5. The Morgan fingerprint density at radius 1 is 1.47 bits per heavy atom. The maximum Gasteiger partial charge on any atom is 0.170 e. The van der Waals surface area contributed by atoms with E-state index in [9.17, 15) is 9.18 Å². The van der Waals surface area contributed by atoms with Crippen molar-refractivity contribution in [3.8, 4) is 0 Å². The van der Waals surface area contributed by atoms with Gasteiger partial charge in [0.1, 0.15) is 5.82 Å². The van der Waals surface area contributed by atoms with Crippen molar-refractivity contribution in [3.63, 3.8) is 0 Å². The summed E-state index contributed by atoms with van der Waals surface area (Å²) in [4.78, 5) is 12.2. The van der Waals surface area contributed by atoms with Gasteiger partial charge in [-0.2, -0.15) is 5.10 Å². The third-order valence-electron chi connectivity index (χ3n) is 2.88. The van der Waals surface area contributed by atoms with E-state index >= 15 is 0 Å². The van der Waals surface area contributed by atoms with E-state index in [-0.39, 0.29) is 22.8 Å². The van der Waals surface area contributed by atoms with Crippen LogP contribution in [0.4, 0.5) is 4.39 Å². The maximum atomic E-state index is 13.3. The Bertz CT molecular complexity index is 622. The third kappa shape index (κ3) is 2.84. The first-order valence-electron chi connectivity index (χ1n) is 6.03. The van der Waals surface area contributed by atoms with Gasteiger partial charge >= 0.3 is 0 Å². The van der Waals surface area contributed by atoms with E-state index in [0.717, 1.165) is 11.4 Å². The quantitative estimate of drug-likeness (QED) is 0.804. The standard InChI is InChI=1S/C14H14ClFN2O/c1-3-18-10(7-9(2)17-18)8-13(19)11-5-4-6-12(16)14(11)15/h4-7H,3,8H2,1-2H3. The van der Waals surface area contributed by atoms with Crippen molar-refractivity contribution < 1.29 is 9.18 Å². The SMILES string of the molecule is CCn1nc(C)cc1CC(=O)c1cccc(F)c1Cl. The third-order valence-corrected chi connectivity index (χ3v) is 3.26. The molecule has 100 valence electrons. The van der Waals surface area contributed by atoms with Crippen LogP contribution in [0.25, 0.3) is 0 Å². The van der Waals surface area contributed by atoms with E-state index < -0.39 is 5.82 Å². The molecule has 0 saturated heterocycles. The largest absolute Gasteiger partial charge is 0.294 e. The Morgan fingerprint density at radius 2 is 2.21 bits per heavy atom. The van der Waals surface area contributed by atoms with Gasteiger partial charge in [0.25, 0.3) is 0 Å². The first kappa shape index (κ1) is 13.7. The average Bonchev–Trinajstić information content (AvgIpc) is 2.72. The van der Waals surface area contributed by atoms with Crippen molar-refractivity contribution >= 4 is 17.4 Å². The van der Waals surface area contributed by atoms with Crippen LogP contribution in [0.15, 0.2) is 24.3 Å². The van der Waals surface area contributed by atoms with Crippen molar-refractivity contribution in [1.29, 1.82) is 0 Å². The number of halogens is 2. The van der Waals surface area contributed by atoms with E-state index in [1.54, 1.807) is 4.68 Å². The molecule has 0 atom stereocenters. The highest BCUT2D eigenvalue weighted by Gasteiger charge is 2.16. The summed E-state index contributed by atoms with van der Waals surface area (Å²) in [5, 5.41) is 4.15. The Morgan fingerprint density at radius 3 is 2.89 bits per heavy atom. The van der Waals surface area contributed by atoms with Gasteiger partial charge in [-0.3, -0.25) is 9.48 Å². The number of aryl methyl sites for hydroxylation is 2. The van der Waals surface area contributed by atoms with Crippen molar-refractivity contribution in [2.75, 3.05) is 0 Å². The van der Waals surface area contributed by atoms with Crippen LogP contribution in [0.1, 0.15) is 28.7 Å². The zero-order valence-electron chi connectivity index (χ0n) is 10.8. The predicted molar refractivity (Wildman–Crippen MR) is 72.1 cm³/mol. The average molecular weight is 281 g/mol. The molecule has 0 radical (unpaired) electrons. The fourth-order valence-electron chi connectivity index (χ4n) is 1.99. The fraction of sp³-hybridized carbons (Fsp3) is 0.286. The lowest BCUT2D eigenvalue weighted by atomic mass is 10.1. The van der Waals surface area contributed by atoms with E-state index in [2.05, 4.69) is 5.10 Å². The van der Waals surface area contributed by atoms with Crippen molar-refractivity contribution in [2.24, 2.45) is 0 Å².